The summed E-state index contributed by atoms with van der Waals surface area (Å²) >= 11 is 0. The molecule has 2 rings (SSSR count). The highest BCUT2D eigenvalue weighted by Gasteiger charge is 2.30. The molecule has 0 aliphatic carbocycles. The molecule has 2 aromatic carbocycles. The number of carbonyl (C=O) groups is 1. The summed E-state index contributed by atoms with van der Waals surface area (Å²) in [7, 11) is -3.85. The van der Waals surface area contributed by atoms with Crippen molar-refractivity contribution >= 4 is 16.0 Å². The maximum Gasteiger partial charge on any atom is 0.325 e. The molecule has 0 aromatic heterocycles. The Labute approximate surface area is 155 Å². The Morgan fingerprint density at radius 2 is 1.62 bits per heavy atom. The van der Waals surface area contributed by atoms with Gasteiger partial charge in [-0.25, -0.2) is 8.42 Å². The third-order valence-corrected chi connectivity index (χ3v) is 5.09. The predicted octanol–water partition coefficient (Wildman–Crippen LogP) is 3.23. The van der Waals surface area contributed by atoms with E-state index in [9.17, 15) is 13.2 Å². The second-order valence-electron chi connectivity index (χ2n) is 7.21. The predicted molar refractivity (Wildman–Crippen MR) is 101 cm³/mol. The largest absolute Gasteiger partial charge is 0.459 e. The minimum Gasteiger partial charge on any atom is -0.459 e. The Hall–Kier alpha value is -2.18. The number of benzene rings is 2. The Morgan fingerprint density at radius 1 is 1.04 bits per heavy atom. The molecule has 5 nitrogen and oxygen atoms in total. The number of hydrogen-bond donors (Lipinski definition) is 1. The lowest BCUT2D eigenvalue weighted by Crippen LogP contribution is -2.45. The van der Waals surface area contributed by atoms with Crippen LogP contribution in [0.1, 0.15) is 31.9 Å². The number of esters is 1. The number of ether oxygens (including phenoxy) is 1. The van der Waals surface area contributed by atoms with Gasteiger partial charge in [0.15, 0.2) is 0 Å². The highest BCUT2D eigenvalue weighted by Crippen LogP contribution is 2.15. The molecule has 0 amide bonds. The second-order valence-corrected chi connectivity index (χ2v) is 8.92. The van der Waals surface area contributed by atoms with Gasteiger partial charge in [-0.3, -0.25) is 4.79 Å². The molecule has 140 valence electrons. The zero-order valence-electron chi connectivity index (χ0n) is 15.5. The highest BCUT2D eigenvalue weighted by molar-refractivity contribution is 7.89. The summed E-state index contributed by atoms with van der Waals surface area (Å²) in [6.07, 6.45) is 0.209. The summed E-state index contributed by atoms with van der Waals surface area (Å²) in [5.74, 6) is -0.600. The normalized spacial score (nSPS) is 13.2. The molecule has 6 heteroatoms. The van der Waals surface area contributed by atoms with E-state index in [0.717, 1.165) is 11.1 Å². The lowest BCUT2D eigenvalue weighted by molar-refractivity contribution is -0.156. The first kappa shape index (κ1) is 20.1. The number of aryl methyl sites for hydroxylation is 1. The van der Waals surface area contributed by atoms with Gasteiger partial charge in [-0.05, 0) is 51.8 Å². The minimum atomic E-state index is -3.85. The summed E-state index contributed by atoms with van der Waals surface area (Å²) in [5, 5.41) is 0. The number of rotatable bonds is 6. The molecule has 26 heavy (non-hydrogen) atoms. The van der Waals surface area contributed by atoms with Crippen LogP contribution in [0.5, 0.6) is 0 Å². The second kappa shape index (κ2) is 8.01. The maximum absolute atomic E-state index is 12.7. The molecule has 0 fully saturated rings. The van der Waals surface area contributed by atoms with Crippen LogP contribution < -0.4 is 4.72 Å². The van der Waals surface area contributed by atoms with E-state index in [-0.39, 0.29) is 11.3 Å². The molecule has 0 radical (unpaired) electrons. The molecular formula is C20H25NO4S. The summed E-state index contributed by atoms with van der Waals surface area (Å²) in [5.41, 5.74) is 1.09. The van der Waals surface area contributed by atoms with Crippen molar-refractivity contribution in [2.45, 2.75) is 50.7 Å². The Kier molecular flexibility index (Phi) is 6.21. The molecule has 0 saturated carbocycles. The topological polar surface area (TPSA) is 72.5 Å². The zero-order valence-corrected chi connectivity index (χ0v) is 16.3. The zero-order chi connectivity index (χ0) is 19.4. The summed E-state index contributed by atoms with van der Waals surface area (Å²) in [6, 6.07) is 14.7. The van der Waals surface area contributed by atoms with Crippen molar-refractivity contribution in [1.29, 1.82) is 0 Å². The van der Waals surface area contributed by atoms with Gasteiger partial charge >= 0.3 is 5.97 Å². The van der Waals surface area contributed by atoms with Gasteiger partial charge in [-0.1, -0.05) is 48.0 Å². The van der Waals surface area contributed by atoms with Crippen LogP contribution in [-0.4, -0.2) is 26.0 Å². The van der Waals surface area contributed by atoms with Crippen LogP contribution in [0.2, 0.25) is 0 Å². The van der Waals surface area contributed by atoms with Crippen molar-refractivity contribution < 1.29 is 17.9 Å². The van der Waals surface area contributed by atoms with Gasteiger partial charge in [0.1, 0.15) is 11.6 Å². The van der Waals surface area contributed by atoms with E-state index >= 15 is 0 Å². The van der Waals surface area contributed by atoms with E-state index in [1.54, 1.807) is 32.9 Å². The number of sulfonamides is 1. The Balaban J connectivity index is 2.27. The van der Waals surface area contributed by atoms with Crippen LogP contribution >= 0.6 is 0 Å². The Morgan fingerprint density at radius 3 is 2.15 bits per heavy atom. The maximum atomic E-state index is 12.7. The van der Waals surface area contributed by atoms with E-state index in [0.29, 0.717) is 0 Å². The Bertz CT molecular complexity index is 838. The monoisotopic (exact) mass is 375 g/mol. The molecule has 1 atom stereocenters. The van der Waals surface area contributed by atoms with Crippen molar-refractivity contribution in [3.05, 3.63) is 65.7 Å². The van der Waals surface area contributed by atoms with Crippen LogP contribution in [0.15, 0.2) is 59.5 Å². The average molecular weight is 375 g/mol. The highest BCUT2D eigenvalue weighted by atomic mass is 32.2. The van der Waals surface area contributed by atoms with Gasteiger partial charge < -0.3 is 4.74 Å². The SMILES string of the molecule is Cc1ccc(S(=O)(=O)NC(Cc2ccccc2)C(=O)OC(C)(C)C)cc1. The molecule has 0 aliphatic heterocycles. The summed E-state index contributed by atoms with van der Waals surface area (Å²) < 4.78 is 33.3. The molecular weight excluding hydrogens is 350 g/mol. The fourth-order valence-corrected chi connectivity index (χ4v) is 3.55. The van der Waals surface area contributed by atoms with Gasteiger partial charge in [0, 0.05) is 0 Å². The number of carbonyl (C=O) groups excluding carboxylic acids is 1. The smallest absolute Gasteiger partial charge is 0.325 e. The molecule has 0 saturated heterocycles. The first-order chi connectivity index (χ1) is 12.1. The van der Waals surface area contributed by atoms with E-state index < -0.39 is 27.6 Å². The molecule has 0 heterocycles. The van der Waals surface area contributed by atoms with E-state index in [4.69, 9.17) is 4.74 Å². The fraction of sp³-hybridized carbons (Fsp3) is 0.350. The van der Waals surface area contributed by atoms with Crippen LogP contribution in [0.3, 0.4) is 0 Å². The average Bonchev–Trinajstić information content (AvgIpc) is 2.54. The van der Waals surface area contributed by atoms with Gasteiger partial charge in [0.2, 0.25) is 10.0 Å². The van der Waals surface area contributed by atoms with Crippen molar-refractivity contribution in [3.63, 3.8) is 0 Å². The third-order valence-electron chi connectivity index (χ3n) is 3.60. The standard InChI is InChI=1S/C20H25NO4S/c1-15-10-12-17(13-11-15)26(23,24)21-18(19(22)25-20(2,3)4)14-16-8-6-5-7-9-16/h5-13,18,21H,14H2,1-4H3. The van der Waals surface area contributed by atoms with Crippen molar-refractivity contribution in [2.75, 3.05) is 0 Å². The van der Waals surface area contributed by atoms with Crippen LogP contribution in [-0.2, 0) is 26.0 Å². The molecule has 0 bridgehead atoms. The fourth-order valence-electron chi connectivity index (χ4n) is 2.37. The summed E-state index contributed by atoms with van der Waals surface area (Å²) in [4.78, 5) is 12.7. The van der Waals surface area contributed by atoms with E-state index in [2.05, 4.69) is 4.72 Å². The van der Waals surface area contributed by atoms with Crippen LogP contribution in [0, 0.1) is 6.92 Å². The van der Waals surface area contributed by atoms with Gasteiger partial charge in [-0.2, -0.15) is 4.72 Å². The lowest BCUT2D eigenvalue weighted by atomic mass is 10.1. The van der Waals surface area contributed by atoms with Crippen molar-refractivity contribution in [2.24, 2.45) is 0 Å². The van der Waals surface area contributed by atoms with Gasteiger partial charge in [0.05, 0.1) is 4.90 Å². The number of nitrogens with one attached hydrogen (secondary N) is 1. The van der Waals surface area contributed by atoms with E-state index in [1.807, 2.05) is 37.3 Å². The molecule has 2 aromatic rings. The van der Waals surface area contributed by atoms with E-state index in [1.165, 1.54) is 12.1 Å². The lowest BCUT2D eigenvalue weighted by Gasteiger charge is -2.24. The minimum absolute atomic E-state index is 0.115. The number of hydrogen-bond acceptors (Lipinski definition) is 4. The quantitative estimate of drug-likeness (QED) is 0.787. The van der Waals surface area contributed by atoms with Crippen molar-refractivity contribution in [1.82, 2.24) is 4.72 Å². The molecule has 0 spiro atoms. The molecule has 0 aliphatic rings. The first-order valence-electron chi connectivity index (χ1n) is 8.43. The molecule has 1 unspecified atom stereocenters. The van der Waals surface area contributed by atoms with Crippen LogP contribution in [0.4, 0.5) is 0 Å². The summed E-state index contributed by atoms with van der Waals surface area (Å²) in [6.45, 7) is 7.12. The third kappa shape index (κ3) is 5.97. The molecule has 1 N–H and O–H groups in total. The van der Waals surface area contributed by atoms with Gasteiger partial charge in [-0.15, -0.1) is 0 Å². The first-order valence-corrected chi connectivity index (χ1v) is 9.91. The van der Waals surface area contributed by atoms with Crippen molar-refractivity contribution in [3.8, 4) is 0 Å². The van der Waals surface area contributed by atoms with Crippen LogP contribution in [0.25, 0.3) is 0 Å². The van der Waals surface area contributed by atoms with Gasteiger partial charge in [0.25, 0.3) is 0 Å².